The van der Waals surface area contributed by atoms with Crippen molar-refractivity contribution in [2.75, 3.05) is 5.32 Å². The monoisotopic (exact) mass is 345 g/mol. The van der Waals surface area contributed by atoms with Crippen LogP contribution in [0.3, 0.4) is 0 Å². The van der Waals surface area contributed by atoms with Crippen LogP contribution in [0.4, 0.5) is 5.69 Å². The van der Waals surface area contributed by atoms with Crippen LogP contribution >= 0.6 is 0 Å². The summed E-state index contributed by atoms with van der Waals surface area (Å²) in [6, 6.07) is 13.3. The van der Waals surface area contributed by atoms with Crippen LogP contribution in [0, 0.1) is 6.92 Å². The summed E-state index contributed by atoms with van der Waals surface area (Å²) in [5, 5.41) is 9.85. The summed E-state index contributed by atoms with van der Waals surface area (Å²) < 4.78 is 31.4. The van der Waals surface area contributed by atoms with Crippen molar-refractivity contribution in [3.05, 3.63) is 65.4 Å². The molecule has 0 saturated carbocycles. The number of aryl methyl sites for hydroxylation is 1. The minimum atomic E-state index is -4.53. The highest BCUT2D eigenvalue weighted by Gasteiger charge is 2.37. The number of nitrogens with one attached hydrogen (secondary N) is 1. The van der Waals surface area contributed by atoms with Crippen LogP contribution < -0.4 is 5.32 Å². The standard InChI is InChI=1S/C11H11NO5S.C6H4/c1-6-2-3-9-7(4-6)10(14)8(5-13)11(12-9)18(15,16)17;1-2-6-4-3-5(1)6/h2-5,11-13H,1H3,(H,15,16,17);1-4H. The number of hydrogen-bond donors (Lipinski definition) is 3. The van der Waals surface area contributed by atoms with Crippen LogP contribution in [-0.4, -0.2) is 29.2 Å². The first-order valence-corrected chi connectivity index (χ1v) is 8.64. The van der Waals surface area contributed by atoms with Crippen LogP contribution in [0.2, 0.25) is 0 Å². The Kier molecular flexibility index (Phi) is 3.90. The van der Waals surface area contributed by atoms with Gasteiger partial charge in [0.2, 0.25) is 0 Å². The SMILES string of the molecule is Cc1ccc2c(c1)C(=O)C(=CO)C(S(=O)(=O)O)N2.c1cc2ccc1-2. The Morgan fingerprint density at radius 3 is 2.08 bits per heavy atom. The summed E-state index contributed by atoms with van der Waals surface area (Å²) in [5.74, 6) is -0.627. The Morgan fingerprint density at radius 1 is 1.08 bits per heavy atom. The zero-order valence-electron chi connectivity index (χ0n) is 12.7. The third-order valence-electron chi connectivity index (χ3n) is 3.91. The van der Waals surface area contributed by atoms with Crippen molar-refractivity contribution in [3.63, 3.8) is 0 Å². The molecule has 24 heavy (non-hydrogen) atoms. The molecule has 0 amide bonds. The van der Waals surface area contributed by atoms with Gasteiger partial charge in [-0.15, -0.1) is 0 Å². The number of ketones is 1. The number of carbonyl (C=O) groups is 1. The van der Waals surface area contributed by atoms with E-state index in [1.54, 1.807) is 25.1 Å². The van der Waals surface area contributed by atoms with Crippen LogP contribution in [0.15, 0.2) is 54.3 Å². The molecule has 4 rings (SSSR count). The lowest BCUT2D eigenvalue weighted by molar-refractivity contribution is 0.102. The van der Waals surface area contributed by atoms with Gasteiger partial charge in [0.25, 0.3) is 10.1 Å². The molecule has 0 bridgehead atoms. The van der Waals surface area contributed by atoms with E-state index in [1.165, 1.54) is 11.1 Å². The van der Waals surface area contributed by atoms with Crippen molar-refractivity contribution in [2.45, 2.75) is 12.3 Å². The fourth-order valence-corrected chi connectivity index (χ4v) is 3.25. The zero-order valence-corrected chi connectivity index (χ0v) is 13.5. The lowest BCUT2D eigenvalue weighted by atomic mass is 9.95. The molecule has 1 heterocycles. The van der Waals surface area contributed by atoms with Crippen LogP contribution in [0.25, 0.3) is 11.1 Å². The fourth-order valence-electron chi connectivity index (χ4n) is 2.49. The highest BCUT2D eigenvalue weighted by Crippen LogP contribution is 2.31. The highest BCUT2D eigenvalue weighted by molar-refractivity contribution is 7.86. The summed E-state index contributed by atoms with van der Waals surface area (Å²) in [4.78, 5) is 12.0. The molecule has 7 heteroatoms. The minimum absolute atomic E-state index is 0.259. The predicted molar refractivity (Wildman–Crippen MR) is 90.6 cm³/mol. The van der Waals surface area contributed by atoms with E-state index in [1.807, 2.05) is 0 Å². The Hall–Kier alpha value is -2.64. The van der Waals surface area contributed by atoms with Gasteiger partial charge in [0.1, 0.15) is 0 Å². The van der Waals surface area contributed by atoms with Crippen LogP contribution in [-0.2, 0) is 10.1 Å². The van der Waals surface area contributed by atoms with Gasteiger partial charge in [0, 0.05) is 11.3 Å². The van der Waals surface area contributed by atoms with Gasteiger partial charge in [-0.3, -0.25) is 9.35 Å². The Balaban J connectivity index is 0.000000231. The lowest BCUT2D eigenvalue weighted by Gasteiger charge is -2.25. The molecule has 1 aromatic carbocycles. The maximum atomic E-state index is 12.0. The summed E-state index contributed by atoms with van der Waals surface area (Å²) in [6.45, 7) is 1.78. The van der Waals surface area contributed by atoms with E-state index < -0.39 is 26.8 Å². The number of Topliss-reactive ketones (excluding diaryl/α,β-unsaturated/α-hetero) is 1. The summed E-state index contributed by atoms with van der Waals surface area (Å²) in [5.41, 5.74) is 3.83. The number of fused-ring (bicyclic) bond motifs is 2. The van der Waals surface area contributed by atoms with Gasteiger partial charge in [-0.25, -0.2) is 0 Å². The molecule has 1 aliphatic heterocycles. The van der Waals surface area contributed by atoms with E-state index in [0.717, 1.165) is 5.56 Å². The summed E-state index contributed by atoms with van der Waals surface area (Å²) in [7, 11) is -4.53. The summed E-state index contributed by atoms with van der Waals surface area (Å²) in [6.07, 6.45) is 0.402. The molecule has 0 saturated heterocycles. The third kappa shape index (κ3) is 2.79. The number of carbonyl (C=O) groups excluding carboxylic acids is 1. The van der Waals surface area contributed by atoms with Gasteiger partial charge >= 0.3 is 0 Å². The van der Waals surface area contributed by atoms with Crippen molar-refractivity contribution in [1.82, 2.24) is 0 Å². The smallest absolute Gasteiger partial charge is 0.290 e. The quantitative estimate of drug-likeness (QED) is 0.356. The van der Waals surface area contributed by atoms with Crippen molar-refractivity contribution < 1.29 is 22.9 Å². The number of rotatable bonds is 1. The number of benzene rings is 2. The second-order valence-electron chi connectivity index (χ2n) is 5.58. The maximum Gasteiger partial charge on any atom is 0.290 e. The zero-order chi connectivity index (χ0) is 17.5. The van der Waals surface area contributed by atoms with Gasteiger partial charge in [0.15, 0.2) is 11.2 Å². The maximum absolute atomic E-state index is 12.0. The van der Waals surface area contributed by atoms with E-state index in [9.17, 15) is 13.2 Å². The van der Waals surface area contributed by atoms with Crippen molar-refractivity contribution in [2.24, 2.45) is 0 Å². The molecule has 0 aromatic heterocycles. The molecule has 6 nitrogen and oxygen atoms in total. The van der Waals surface area contributed by atoms with Gasteiger partial charge in [-0.05, 0) is 30.2 Å². The van der Waals surface area contributed by atoms with Gasteiger partial charge in [-0.1, -0.05) is 35.9 Å². The molecular weight excluding hydrogens is 330 g/mol. The van der Waals surface area contributed by atoms with Crippen molar-refractivity contribution >= 4 is 21.6 Å². The number of hydrogen-bond acceptors (Lipinski definition) is 5. The molecule has 3 N–H and O–H groups in total. The Morgan fingerprint density at radius 2 is 1.67 bits per heavy atom. The third-order valence-corrected chi connectivity index (χ3v) is 4.87. The first kappa shape index (κ1) is 16.2. The van der Waals surface area contributed by atoms with E-state index in [-0.39, 0.29) is 5.56 Å². The predicted octanol–water partition coefficient (Wildman–Crippen LogP) is 2.93. The largest absolute Gasteiger partial charge is 0.515 e. The van der Waals surface area contributed by atoms with E-state index in [0.29, 0.717) is 11.9 Å². The van der Waals surface area contributed by atoms with Gasteiger partial charge in [0.05, 0.1) is 11.8 Å². The molecule has 2 aliphatic carbocycles. The Labute approximate surface area is 139 Å². The normalized spacial score (nSPS) is 19.0. The van der Waals surface area contributed by atoms with Crippen molar-refractivity contribution in [3.8, 4) is 11.1 Å². The molecule has 0 spiro atoms. The fraction of sp³-hybridized carbons (Fsp3) is 0.118. The van der Waals surface area contributed by atoms with Crippen LogP contribution in [0.1, 0.15) is 15.9 Å². The highest BCUT2D eigenvalue weighted by atomic mass is 32.2. The molecule has 0 fully saturated rings. The van der Waals surface area contributed by atoms with E-state index in [2.05, 4.69) is 29.6 Å². The van der Waals surface area contributed by atoms with Gasteiger partial charge < -0.3 is 10.4 Å². The van der Waals surface area contributed by atoms with Crippen LogP contribution in [0.5, 0.6) is 0 Å². The topological polar surface area (TPSA) is 104 Å². The second-order valence-corrected chi connectivity index (χ2v) is 7.08. The molecule has 0 radical (unpaired) electrons. The lowest BCUT2D eigenvalue weighted by Crippen LogP contribution is -2.38. The average Bonchev–Trinajstić information content (AvgIpc) is 2.51. The number of aliphatic hydroxyl groups excluding tert-OH is 1. The minimum Gasteiger partial charge on any atom is -0.515 e. The van der Waals surface area contributed by atoms with E-state index in [4.69, 9.17) is 9.66 Å². The molecule has 1 unspecified atom stereocenters. The Bertz CT molecular complexity index is 924. The number of anilines is 1. The molecular formula is C17H15NO5S. The second kappa shape index (κ2) is 5.77. The molecule has 3 aliphatic rings. The first-order chi connectivity index (χ1) is 11.3. The van der Waals surface area contributed by atoms with Gasteiger partial charge in [-0.2, -0.15) is 8.42 Å². The first-order valence-electron chi connectivity index (χ1n) is 7.14. The number of aliphatic hydroxyl groups is 1. The average molecular weight is 345 g/mol. The summed E-state index contributed by atoms with van der Waals surface area (Å²) >= 11 is 0. The molecule has 124 valence electrons. The van der Waals surface area contributed by atoms with E-state index >= 15 is 0 Å². The molecule has 1 atom stereocenters. The van der Waals surface area contributed by atoms with Crippen molar-refractivity contribution in [1.29, 1.82) is 0 Å². The molecule has 1 aromatic rings.